The Kier molecular flexibility index (Phi) is 5.64. The molecule has 0 aromatic heterocycles. The second kappa shape index (κ2) is 7.47. The lowest BCUT2D eigenvalue weighted by Gasteiger charge is -2.37. The first-order chi connectivity index (χ1) is 9.74. The maximum atomic E-state index is 9.17. The largest absolute Gasteiger partial charge is 0.493 e. The zero-order valence-corrected chi connectivity index (χ0v) is 12.1. The Morgan fingerprint density at radius 2 is 2.10 bits per heavy atom. The minimum Gasteiger partial charge on any atom is -0.493 e. The minimum absolute atomic E-state index is 0.0661. The summed E-state index contributed by atoms with van der Waals surface area (Å²) in [6.45, 7) is 4.97. The standard InChI is InChI=1S/C15H23NO4/c1-12-11-20-13(10-17)9-16(12)7-8-19-15-6-4-3-5-14(15)18-2/h3-6,12-13,17H,7-11H2,1-2H3. The molecule has 0 aliphatic carbocycles. The van der Waals surface area contributed by atoms with Gasteiger partial charge < -0.3 is 19.3 Å². The lowest BCUT2D eigenvalue weighted by atomic mass is 10.2. The average Bonchev–Trinajstić information content (AvgIpc) is 2.49. The molecule has 0 spiro atoms. The molecule has 2 unspecified atom stereocenters. The number of nitrogens with zero attached hydrogens (tertiary/aromatic N) is 1. The van der Waals surface area contributed by atoms with Gasteiger partial charge in [0.05, 0.1) is 26.4 Å². The maximum absolute atomic E-state index is 9.17. The lowest BCUT2D eigenvalue weighted by Crippen LogP contribution is -2.50. The first-order valence-corrected chi connectivity index (χ1v) is 6.97. The number of ether oxygens (including phenoxy) is 3. The van der Waals surface area contributed by atoms with E-state index in [0.29, 0.717) is 19.3 Å². The first-order valence-electron chi connectivity index (χ1n) is 6.97. The number of benzene rings is 1. The van der Waals surface area contributed by atoms with Crippen molar-refractivity contribution in [3.05, 3.63) is 24.3 Å². The molecule has 1 aromatic carbocycles. The van der Waals surface area contributed by atoms with Crippen LogP contribution in [-0.2, 0) is 4.74 Å². The van der Waals surface area contributed by atoms with Crippen molar-refractivity contribution in [2.45, 2.75) is 19.1 Å². The number of aliphatic hydroxyl groups excluding tert-OH is 1. The molecule has 1 aliphatic heterocycles. The van der Waals surface area contributed by atoms with Gasteiger partial charge in [0.2, 0.25) is 0 Å². The summed E-state index contributed by atoms with van der Waals surface area (Å²) in [4.78, 5) is 2.28. The molecule has 0 bridgehead atoms. The number of hydrogen-bond donors (Lipinski definition) is 1. The highest BCUT2D eigenvalue weighted by molar-refractivity contribution is 5.39. The van der Waals surface area contributed by atoms with Crippen LogP contribution in [0.25, 0.3) is 0 Å². The maximum Gasteiger partial charge on any atom is 0.161 e. The van der Waals surface area contributed by atoms with Crippen LogP contribution in [0, 0.1) is 0 Å². The number of morpholine rings is 1. The summed E-state index contributed by atoms with van der Waals surface area (Å²) in [5.74, 6) is 1.50. The van der Waals surface area contributed by atoms with Crippen LogP contribution in [0.5, 0.6) is 11.5 Å². The molecule has 2 rings (SSSR count). The Morgan fingerprint density at radius 1 is 1.35 bits per heavy atom. The molecule has 1 aliphatic rings. The molecule has 112 valence electrons. The summed E-state index contributed by atoms with van der Waals surface area (Å²) < 4.78 is 16.5. The molecule has 1 aromatic rings. The Balaban J connectivity index is 1.82. The quantitative estimate of drug-likeness (QED) is 0.848. The molecule has 5 heteroatoms. The van der Waals surface area contributed by atoms with Gasteiger partial charge in [0, 0.05) is 19.1 Å². The molecule has 5 nitrogen and oxygen atoms in total. The monoisotopic (exact) mass is 281 g/mol. The Morgan fingerprint density at radius 3 is 2.80 bits per heavy atom. The second-order valence-corrected chi connectivity index (χ2v) is 4.98. The van der Waals surface area contributed by atoms with E-state index in [2.05, 4.69) is 11.8 Å². The van der Waals surface area contributed by atoms with Crippen LogP contribution in [-0.4, -0.2) is 62.2 Å². The molecule has 20 heavy (non-hydrogen) atoms. The smallest absolute Gasteiger partial charge is 0.161 e. The molecule has 2 atom stereocenters. The fourth-order valence-electron chi connectivity index (χ4n) is 2.31. The third kappa shape index (κ3) is 3.85. The van der Waals surface area contributed by atoms with Crippen LogP contribution in [0.1, 0.15) is 6.92 Å². The van der Waals surface area contributed by atoms with E-state index in [0.717, 1.165) is 24.6 Å². The average molecular weight is 281 g/mol. The second-order valence-electron chi connectivity index (χ2n) is 4.98. The van der Waals surface area contributed by atoms with Gasteiger partial charge in [0.25, 0.3) is 0 Å². The summed E-state index contributed by atoms with van der Waals surface area (Å²) >= 11 is 0. The van der Waals surface area contributed by atoms with Gasteiger partial charge in [-0.25, -0.2) is 0 Å². The normalized spacial score (nSPS) is 23.6. The molecule has 1 saturated heterocycles. The van der Waals surface area contributed by atoms with Crippen LogP contribution < -0.4 is 9.47 Å². The summed E-state index contributed by atoms with van der Waals surface area (Å²) in [6, 6.07) is 7.98. The Bertz CT molecular complexity index is 413. The topological polar surface area (TPSA) is 51.2 Å². The van der Waals surface area contributed by atoms with E-state index >= 15 is 0 Å². The highest BCUT2D eigenvalue weighted by Gasteiger charge is 2.25. The molecular formula is C15H23NO4. The molecule has 0 amide bonds. The Hall–Kier alpha value is -1.30. The van der Waals surface area contributed by atoms with Gasteiger partial charge in [-0.05, 0) is 19.1 Å². The van der Waals surface area contributed by atoms with Crippen molar-refractivity contribution in [3.8, 4) is 11.5 Å². The van der Waals surface area contributed by atoms with Gasteiger partial charge in [0.15, 0.2) is 11.5 Å². The van der Waals surface area contributed by atoms with Gasteiger partial charge in [-0.1, -0.05) is 12.1 Å². The van der Waals surface area contributed by atoms with E-state index in [1.807, 2.05) is 24.3 Å². The van der Waals surface area contributed by atoms with E-state index in [1.54, 1.807) is 7.11 Å². The van der Waals surface area contributed by atoms with Crippen molar-refractivity contribution in [1.29, 1.82) is 0 Å². The van der Waals surface area contributed by atoms with Crippen molar-refractivity contribution in [2.75, 3.05) is 40.0 Å². The number of methoxy groups -OCH3 is 1. The van der Waals surface area contributed by atoms with Crippen LogP contribution in [0.3, 0.4) is 0 Å². The van der Waals surface area contributed by atoms with Crippen LogP contribution in [0.15, 0.2) is 24.3 Å². The highest BCUT2D eigenvalue weighted by atomic mass is 16.5. The lowest BCUT2D eigenvalue weighted by molar-refractivity contribution is -0.0798. The van der Waals surface area contributed by atoms with Gasteiger partial charge >= 0.3 is 0 Å². The summed E-state index contributed by atoms with van der Waals surface area (Å²) in [5.41, 5.74) is 0. The molecule has 0 radical (unpaired) electrons. The van der Waals surface area contributed by atoms with Crippen LogP contribution in [0.4, 0.5) is 0 Å². The van der Waals surface area contributed by atoms with E-state index in [9.17, 15) is 0 Å². The number of rotatable bonds is 6. The van der Waals surface area contributed by atoms with Crippen molar-refractivity contribution in [1.82, 2.24) is 4.90 Å². The molecular weight excluding hydrogens is 258 g/mol. The highest BCUT2D eigenvalue weighted by Crippen LogP contribution is 2.25. The molecule has 1 N–H and O–H groups in total. The van der Waals surface area contributed by atoms with Crippen molar-refractivity contribution < 1.29 is 19.3 Å². The van der Waals surface area contributed by atoms with E-state index in [1.165, 1.54) is 0 Å². The minimum atomic E-state index is -0.0857. The zero-order valence-electron chi connectivity index (χ0n) is 12.1. The van der Waals surface area contributed by atoms with E-state index in [-0.39, 0.29) is 12.7 Å². The summed E-state index contributed by atoms with van der Waals surface area (Å²) in [5, 5.41) is 9.17. The first kappa shape index (κ1) is 15.1. The number of aliphatic hydroxyl groups is 1. The van der Waals surface area contributed by atoms with Crippen molar-refractivity contribution in [3.63, 3.8) is 0 Å². The fraction of sp³-hybridized carbons (Fsp3) is 0.600. The fourth-order valence-corrected chi connectivity index (χ4v) is 2.31. The third-order valence-electron chi connectivity index (χ3n) is 3.54. The van der Waals surface area contributed by atoms with Gasteiger partial charge in [-0.15, -0.1) is 0 Å². The Labute approximate surface area is 120 Å². The van der Waals surface area contributed by atoms with E-state index < -0.39 is 0 Å². The van der Waals surface area contributed by atoms with Gasteiger partial charge in [0.1, 0.15) is 6.61 Å². The van der Waals surface area contributed by atoms with Crippen LogP contribution in [0.2, 0.25) is 0 Å². The predicted octanol–water partition coefficient (Wildman–Crippen LogP) is 1.16. The molecule has 1 fully saturated rings. The number of hydrogen-bond acceptors (Lipinski definition) is 5. The SMILES string of the molecule is COc1ccccc1OCCN1CC(CO)OCC1C. The van der Waals surface area contributed by atoms with Crippen molar-refractivity contribution >= 4 is 0 Å². The van der Waals surface area contributed by atoms with Crippen LogP contribution >= 0.6 is 0 Å². The summed E-state index contributed by atoms with van der Waals surface area (Å²) in [6.07, 6.45) is -0.0857. The van der Waals surface area contributed by atoms with E-state index in [4.69, 9.17) is 19.3 Å². The van der Waals surface area contributed by atoms with Gasteiger partial charge in [-0.2, -0.15) is 0 Å². The van der Waals surface area contributed by atoms with Gasteiger partial charge in [-0.3, -0.25) is 4.90 Å². The predicted molar refractivity (Wildman–Crippen MR) is 76.3 cm³/mol. The molecule has 1 heterocycles. The van der Waals surface area contributed by atoms with Crippen molar-refractivity contribution in [2.24, 2.45) is 0 Å². The number of para-hydroxylation sites is 2. The third-order valence-corrected chi connectivity index (χ3v) is 3.54. The zero-order chi connectivity index (χ0) is 14.4. The molecule has 0 saturated carbocycles. The summed E-state index contributed by atoms with van der Waals surface area (Å²) in [7, 11) is 1.64.